The summed E-state index contributed by atoms with van der Waals surface area (Å²) >= 11 is 6.29. The van der Waals surface area contributed by atoms with Crippen LogP contribution < -0.4 is 11.3 Å². The molecule has 1 aliphatic rings. The van der Waals surface area contributed by atoms with Gasteiger partial charge in [-0.2, -0.15) is 0 Å². The van der Waals surface area contributed by atoms with E-state index in [-0.39, 0.29) is 11.4 Å². The van der Waals surface area contributed by atoms with Crippen molar-refractivity contribution in [2.24, 2.45) is 12.8 Å². The molecule has 174 valence electrons. The van der Waals surface area contributed by atoms with Gasteiger partial charge in [-0.25, -0.2) is 4.39 Å². The molecule has 0 spiro atoms. The Morgan fingerprint density at radius 3 is 2.57 bits per heavy atom. The molecule has 3 heterocycles. The van der Waals surface area contributed by atoms with Crippen LogP contribution in [0.15, 0.2) is 77.9 Å². The molecule has 1 unspecified atom stereocenters. The van der Waals surface area contributed by atoms with Crippen molar-refractivity contribution in [1.29, 1.82) is 0 Å². The summed E-state index contributed by atoms with van der Waals surface area (Å²) in [6, 6.07) is 19.3. The zero-order valence-electron chi connectivity index (χ0n) is 18.9. The van der Waals surface area contributed by atoms with Crippen LogP contribution in [-0.2, 0) is 25.6 Å². The van der Waals surface area contributed by atoms with Crippen molar-refractivity contribution in [2.45, 2.75) is 18.5 Å². The van der Waals surface area contributed by atoms with Crippen LogP contribution in [0.5, 0.6) is 0 Å². The lowest BCUT2D eigenvalue weighted by Crippen LogP contribution is -2.42. The monoisotopic (exact) mass is 485 g/mol. The quantitative estimate of drug-likeness (QED) is 0.409. The lowest BCUT2D eigenvalue weighted by molar-refractivity contribution is 0.567. The molecule has 1 atom stereocenters. The molecule has 0 bridgehead atoms. The third kappa shape index (κ3) is 3.31. The Morgan fingerprint density at radius 2 is 1.86 bits per heavy atom. The summed E-state index contributed by atoms with van der Waals surface area (Å²) in [5.74, 6) is 0.171. The Morgan fingerprint density at radius 1 is 1.06 bits per heavy atom. The van der Waals surface area contributed by atoms with Crippen molar-refractivity contribution in [2.75, 3.05) is 0 Å². The number of benzene rings is 3. The fraction of sp³-hybridized carbons (Fsp3) is 0.148. The van der Waals surface area contributed by atoms with Crippen LogP contribution in [0.3, 0.4) is 0 Å². The highest BCUT2D eigenvalue weighted by Crippen LogP contribution is 2.40. The van der Waals surface area contributed by atoms with E-state index in [1.807, 2.05) is 37.4 Å². The molecule has 0 aliphatic carbocycles. The second-order valence-electron chi connectivity index (χ2n) is 8.92. The maximum Gasteiger partial charge on any atom is 0.251 e. The molecule has 1 aliphatic heterocycles. The fourth-order valence-corrected chi connectivity index (χ4v) is 5.34. The molecule has 2 aromatic heterocycles. The van der Waals surface area contributed by atoms with E-state index in [4.69, 9.17) is 17.3 Å². The average molecular weight is 486 g/mol. The molecule has 35 heavy (non-hydrogen) atoms. The van der Waals surface area contributed by atoms with E-state index in [9.17, 15) is 9.18 Å². The van der Waals surface area contributed by atoms with Crippen molar-refractivity contribution in [3.63, 3.8) is 0 Å². The highest BCUT2D eigenvalue weighted by Gasteiger charge is 2.38. The van der Waals surface area contributed by atoms with E-state index in [2.05, 4.69) is 10.2 Å². The second-order valence-corrected chi connectivity index (χ2v) is 9.36. The summed E-state index contributed by atoms with van der Waals surface area (Å²) in [4.78, 5) is 13.0. The molecule has 6 nitrogen and oxygen atoms in total. The second kappa shape index (κ2) is 7.86. The van der Waals surface area contributed by atoms with Crippen molar-refractivity contribution < 1.29 is 4.39 Å². The van der Waals surface area contributed by atoms with Gasteiger partial charge in [0.2, 0.25) is 0 Å². The number of rotatable bonds is 4. The Labute approximate surface area is 205 Å². The van der Waals surface area contributed by atoms with Crippen molar-refractivity contribution in [3.8, 4) is 11.1 Å². The molecule has 5 aromatic rings. The predicted octanol–water partition coefficient (Wildman–Crippen LogP) is 4.40. The van der Waals surface area contributed by atoms with Gasteiger partial charge >= 0.3 is 0 Å². The van der Waals surface area contributed by atoms with Crippen LogP contribution in [-0.4, -0.2) is 19.3 Å². The van der Waals surface area contributed by atoms with E-state index < -0.39 is 5.54 Å². The molecule has 2 N–H and O–H groups in total. The maximum absolute atomic E-state index is 13.8. The molecule has 8 heteroatoms. The molecule has 3 aromatic carbocycles. The Balaban J connectivity index is 1.70. The minimum atomic E-state index is -1.21. The lowest BCUT2D eigenvalue weighted by atomic mass is 9.81. The van der Waals surface area contributed by atoms with E-state index >= 15 is 0 Å². The summed E-state index contributed by atoms with van der Waals surface area (Å²) in [5, 5.41) is 9.88. The third-order valence-electron chi connectivity index (χ3n) is 6.84. The van der Waals surface area contributed by atoms with Gasteiger partial charge in [0.25, 0.3) is 5.56 Å². The Bertz CT molecular complexity index is 1670. The number of nitrogens with zero attached hydrogens (tertiary/aromatic N) is 4. The van der Waals surface area contributed by atoms with Gasteiger partial charge in [-0.1, -0.05) is 41.9 Å². The summed E-state index contributed by atoms with van der Waals surface area (Å²) in [6.07, 6.45) is 2.30. The predicted molar refractivity (Wildman–Crippen MR) is 134 cm³/mol. The zero-order chi connectivity index (χ0) is 24.3. The van der Waals surface area contributed by atoms with Gasteiger partial charge in [0.15, 0.2) is 5.82 Å². The highest BCUT2D eigenvalue weighted by molar-refractivity contribution is 6.30. The Hall–Kier alpha value is -3.81. The molecular formula is C27H21ClFN5O. The van der Waals surface area contributed by atoms with Crippen LogP contribution >= 0.6 is 11.6 Å². The van der Waals surface area contributed by atoms with Gasteiger partial charge in [-0.15, -0.1) is 10.2 Å². The van der Waals surface area contributed by atoms with Crippen molar-refractivity contribution in [1.82, 2.24) is 19.3 Å². The van der Waals surface area contributed by atoms with Crippen LogP contribution in [0, 0.1) is 5.82 Å². The van der Waals surface area contributed by atoms with Crippen LogP contribution in [0.1, 0.15) is 22.5 Å². The first-order valence-corrected chi connectivity index (χ1v) is 11.6. The van der Waals surface area contributed by atoms with Crippen LogP contribution in [0.4, 0.5) is 4.39 Å². The number of aryl methyl sites for hydroxylation is 3. The smallest absolute Gasteiger partial charge is 0.251 e. The number of hydrogen-bond acceptors (Lipinski definition) is 4. The van der Waals surface area contributed by atoms with Gasteiger partial charge in [-0.05, 0) is 64.6 Å². The molecule has 0 saturated carbocycles. The maximum atomic E-state index is 13.8. The van der Waals surface area contributed by atoms with Crippen molar-refractivity contribution in [3.05, 3.63) is 117 Å². The number of hydrogen-bond donors (Lipinski definition) is 1. The van der Waals surface area contributed by atoms with Crippen LogP contribution in [0.2, 0.25) is 5.02 Å². The van der Waals surface area contributed by atoms with Crippen molar-refractivity contribution >= 4 is 22.5 Å². The summed E-state index contributed by atoms with van der Waals surface area (Å²) < 4.78 is 17.4. The number of halogens is 2. The van der Waals surface area contributed by atoms with Crippen LogP contribution in [0.25, 0.3) is 22.0 Å². The summed E-state index contributed by atoms with van der Waals surface area (Å²) in [7, 11) is 1.83. The van der Waals surface area contributed by atoms with Gasteiger partial charge < -0.3 is 14.9 Å². The first-order valence-electron chi connectivity index (χ1n) is 11.2. The van der Waals surface area contributed by atoms with Gasteiger partial charge in [0.1, 0.15) is 17.7 Å². The van der Waals surface area contributed by atoms with E-state index in [0.717, 1.165) is 33.2 Å². The summed E-state index contributed by atoms with van der Waals surface area (Å²) in [5.41, 5.74) is 10.9. The fourth-order valence-electron chi connectivity index (χ4n) is 5.15. The molecular weight excluding hydrogens is 465 g/mol. The minimum Gasteiger partial charge on any atom is -0.319 e. The van der Waals surface area contributed by atoms with E-state index in [1.165, 1.54) is 12.1 Å². The van der Waals surface area contributed by atoms with Gasteiger partial charge in [0, 0.05) is 30.1 Å². The molecule has 0 amide bonds. The third-order valence-corrected chi connectivity index (χ3v) is 7.08. The van der Waals surface area contributed by atoms with Gasteiger partial charge in [0.05, 0.1) is 5.52 Å². The molecule has 0 saturated heterocycles. The standard InChI is InChI=1S/C27H21ClFN5O/c1-33-15-31-32-26(33)27(30,18-5-7-21(29)8-6-18)19-11-17-9-10-34-24(35)14-22(23(13-19)25(17)34)16-3-2-4-20(28)12-16/h2-8,11-15H,9-10,30H2,1H3. The van der Waals surface area contributed by atoms with Gasteiger partial charge in [-0.3, -0.25) is 4.79 Å². The number of nitrogens with two attached hydrogens (primary N) is 1. The molecule has 0 radical (unpaired) electrons. The Kier molecular flexibility index (Phi) is 4.88. The number of pyridine rings is 1. The van der Waals surface area contributed by atoms with E-state index in [1.54, 1.807) is 39.7 Å². The lowest BCUT2D eigenvalue weighted by Gasteiger charge is -2.30. The summed E-state index contributed by atoms with van der Waals surface area (Å²) in [6.45, 7) is 0.599. The SMILES string of the molecule is Cn1cnnc1C(N)(c1ccc(F)cc1)c1cc2c3c(c1)c(-c1cccc(Cl)c1)cc(=O)n3CC2. The molecule has 6 rings (SSSR count). The average Bonchev–Trinajstić information content (AvgIpc) is 3.48. The first-order chi connectivity index (χ1) is 16.9. The van der Waals surface area contributed by atoms with E-state index in [0.29, 0.717) is 29.4 Å². The topological polar surface area (TPSA) is 78.7 Å². The first kappa shape index (κ1) is 21.7. The largest absolute Gasteiger partial charge is 0.319 e. The normalized spacial score (nSPS) is 14.4. The number of aromatic nitrogens is 4. The minimum absolute atomic E-state index is 0.0511. The zero-order valence-corrected chi connectivity index (χ0v) is 19.6. The highest BCUT2D eigenvalue weighted by atomic mass is 35.5. The molecule has 0 fully saturated rings.